The van der Waals surface area contributed by atoms with Crippen LogP contribution in [0.15, 0.2) is 127 Å². The number of aliphatic hydroxyl groups is 5. The van der Waals surface area contributed by atoms with Gasteiger partial charge in [-0.25, -0.2) is 0 Å². The van der Waals surface area contributed by atoms with Crippen molar-refractivity contribution in [3.8, 4) is 68.2 Å². The van der Waals surface area contributed by atoms with E-state index in [4.69, 9.17) is 80.4 Å². The Morgan fingerprint density at radius 2 is 1.26 bits per heavy atom. The first-order valence-corrected chi connectivity index (χ1v) is 39.5. The number of nitrogens with two attached hydrogens (primary N) is 3. The second-order valence-corrected chi connectivity index (χ2v) is 31.2. The van der Waals surface area contributed by atoms with Gasteiger partial charge in [0.2, 0.25) is 59.3 Å². The standard InChI is InChI=1S/C82H93Cl3N12O22/c1-35(2)23-51(89-4)75(107)96-66-69(103)41-14-19-55(48(84)25-41)115-57-27-43-28-58(73(57)119-82-74(72(106)71(105)59(33-87)117-82)118-61-32-50(68(102)36(3)114-61)91-34-37-7-9-38(10-8-37)39-11-16-44(83)17-12-39)116-56-20-15-42(26-49(56)85)70(104)67-81(113)95-65(77(109)90-22-6-5-21-86)47-29-45(98)30-54(100)62(47)46-24-40(13-18-53(46)99)63(78(110)97-67)94-79(111)64(43)93-76(108)52(31-60(88)101)92-80(66)112/h7-20,24-30,35-36,50-52,59,61,63-72,74,82,89,91,98-100,102-106H,5-6,21-23,31-34,86-87H2,1-4H3,(H2,88,101)(H,90,109)(H,92,112)(H,93,108)(H,94,111)(H,95,113)(H,96,107)(H,97,110)/t36?,50?,51-,52+,59?,61?,63?,64-,65+,66-,67+,68?,69-,70-,71?,72?,74?,82?/m1/s1. The Bertz CT molecular complexity index is 4940. The Kier molecular flexibility index (Phi) is 28.2. The molecule has 34 nitrogen and oxygen atoms in total. The third kappa shape index (κ3) is 20.2. The van der Waals surface area contributed by atoms with Gasteiger partial charge in [0.05, 0.1) is 34.7 Å². The van der Waals surface area contributed by atoms with Crippen LogP contribution < -0.4 is 79.3 Å². The van der Waals surface area contributed by atoms with Crippen molar-refractivity contribution >= 4 is 82.1 Å². The van der Waals surface area contributed by atoms with Gasteiger partial charge in [-0.15, -0.1) is 0 Å². The van der Waals surface area contributed by atoms with E-state index in [1.54, 1.807) is 19.1 Å². The van der Waals surface area contributed by atoms with Gasteiger partial charge in [0.1, 0.15) is 95.5 Å². The molecule has 10 unspecified atom stereocenters. The van der Waals surface area contributed by atoms with Crippen molar-refractivity contribution in [1.82, 2.24) is 47.9 Å². The number of aliphatic hydroxyl groups excluding tert-OH is 5. The van der Waals surface area contributed by atoms with E-state index in [0.717, 1.165) is 71.3 Å². The molecule has 18 atom stereocenters. The first-order chi connectivity index (χ1) is 56.8. The molecule has 11 bridgehead atoms. The Balaban J connectivity index is 1.03. The van der Waals surface area contributed by atoms with E-state index in [1.807, 2.05) is 50.2 Å². The van der Waals surface area contributed by atoms with E-state index in [0.29, 0.717) is 17.9 Å². The monoisotopic (exact) mass is 1700 g/mol. The fourth-order valence-electron chi connectivity index (χ4n) is 14.7. The summed E-state index contributed by atoms with van der Waals surface area (Å²) in [7, 11) is 1.49. The minimum Gasteiger partial charge on any atom is -0.508 e. The summed E-state index contributed by atoms with van der Waals surface area (Å²) in [6.45, 7) is 5.24. The van der Waals surface area contributed by atoms with Gasteiger partial charge in [0.15, 0.2) is 23.9 Å². The van der Waals surface area contributed by atoms with Crippen molar-refractivity contribution in [2.45, 2.75) is 169 Å². The van der Waals surface area contributed by atoms with Crippen molar-refractivity contribution in [1.29, 1.82) is 0 Å². The van der Waals surface area contributed by atoms with E-state index in [2.05, 4.69) is 47.9 Å². The van der Waals surface area contributed by atoms with Crippen LogP contribution in [0.3, 0.4) is 0 Å². The number of rotatable bonds is 21. The summed E-state index contributed by atoms with van der Waals surface area (Å²) in [5.41, 5.74) is 18.3. The molecule has 119 heavy (non-hydrogen) atoms. The molecule has 7 aromatic carbocycles. The summed E-state index contributed by atoms with van der Waals surface area (Å²) < 4.78 is 39.8. The molecule has 14 rings (SSSR count). The first kappa shape index (κ1) is 87.8. The molecule has 0 aromatic heterocycles. The van der Waals surface area contributed by atoms with Crippen LogP contribution in [0.5, 0.6) is 46.0 Å². The second-order valence-electron chi connectivity index (χ2n) is 30.0. The number of nitrogens with one attached hydrogen (secondary N) is 9. The van der Waals surface area contributed by atoms with Crippen molar-refractivity contribution in [2.75, 3.05) is 26.7 Å². The quantitative estimate of drug-likeness (QED) is 0.0457. The maximum Gasteiger partial charge on any atom is 0.248 e. The predicted octanol–water partition coefficient (Wildman–Crippen LogP) is 3.60. The number of primary amides is 1. The largest absolute Gasteiger partial charge is 0.508 e. The van der Waals surface area contributed by atoms with Crippen LogP contribution in [-0.4, -0.2) is 194 Å². The highest BCUT2D eigenvalue weighted by atomic mass is 35.5. The van der Waals surface area contributed by atoms with E-state index in [9.17, 15) is 55.2 Å². The molecule has 8 amide bonds. The number of likely N-dealkylation sites (N-methyl/N-ethyl adjacent to an activating group) is 1. The van der Waals surface area contributed by atoms with Crippen molar-refractivity contribution in [3.05, 3.63) is 176 Å². The molecule has 0 aliphatic carbocycles. The van der Waals surface area contributed by atoms with E-state index >= 15 is 24.0 Å². The summed E-state index contributed by atoms with van der Waals surface area (Å²) in [6.07, 6.45) is -16.9. The van der Waals surface area contributed by atoms with Crippen LogP contribution in [0.25, 0.3) is 22.3 Å². The summed E-state index contributed by atoms with van der Waals surface area (Å²) in [5.74, 6) is -14.4. The molecule has 0 saturated carbocycles. The first-order valence-electron chi connectivity index (χ1n) is 38.4. The molecule has 0 spiro atoms. The van der Waals surface area contributed by atoms with Crippen LogP contribution in [0.4, 0.5) is 0 Å². The van der Waals surface area contributed by atoms with Crippen molar-refractivity contribution in [3.63, 3.8) is 0 Å². The number of benzene rings is 7. The van der Waals surface area contributed by atoms with Crippen molar-refractivity contribution < 1.29 is 108 Å². The summed E-state index contributed by atoms with van der Waals surface area (Å²) in [4.78, 5) is 120. The molecule has 37 heteroatoms. The number of halogens is 3. The Morgan fingerprint density at radius 3 is 1.88 bits per heavy atom. The lowest BCUT2D eigenvalue weighted by molar-refractivity contribution is -0.327. The lowest BCUT2D eigenvalue weighted by Crippen LogP contribution is -2.63. The topological polar surface area (TPSA) is 540 Å². The zero-order chi connectivity index (χ0) is 85.5. The van der Waals surface area contributed by atoms with Crippen molar-refractivity contribution in [2.24, 2.45) is 23.1 Å². The number of phenols is 3. The molecule has 23 N–H and O–H groups in total. The average Bonchev–Trinajstić information content (AvgIpc) is 0.765. The van der Waals surface area contributed by atoms with Gasteiger partial charge in [-0.3, -0.25) is 38.4 Å². The average molecular weight is 1710 g/mol. The van der Waals surface area contributed by atoms with Gasteiger partial charge < -0.3 is 134 Å². The van der Waals surface area contributed by atoms with Crippen LogP contribution in [0, 0.1) is 5.92 Å². The number of fused-ring (bicyclic) bond motifs is 15. The lowest BCUT2D eigenvalue weighted by atomic mass is 9.89. The molecule has 7 aliphatic rings. The summed E-state index contributed by atoms with van der Waals surface area (Å²) >= 11 is 20.6. The lowest BCUT2D eigenvalue weighted by Gasteiger charge is -2.45. The SMILES string of the molecule is CN[C@H](CC(C)C)C(=O)N[C@H]1C(=O)N[C@@H](CC(N)=O)C(=O)N[C@H]2C(=O)NC3C(=O)N[C@H](C(=O)N[C@H](C(=O)NCCCCN)c4cc(O)cc(O)c4-c4cc3ccc4O)[C@H](O)c3ccc(c(Cl)c3)Oc3cc2cc(c3OC2OC(CN)C(O)C(O)C2OC2CC(NCc3ccc(-c4ccc(Cl)cc4)cc3)C(O)C(C)O2)Oc2ccc(cc2Cl)[C@H]1O. The normalized spacial score (nSPS) is 26.1. The highest BCUT2D eigenvalue weighted by molar-refractivity contribution is 6.32. The van der Waals surface area contributed by atoms with Gasteiger partial charge in [0, 0.05) is 54.3 Å². The Labute approximate surface area is 697 Å². The number of carbonyl (C=O) groups is 8. The number of phenolic OH excluding ortho intramolecular Hbond substituents is 3. The third-order valence-corrected chi connectivity index (χ3v) is 21.9. The highest BCUT2D eigenvalue weighted by Gasteiger charge is 2.50. The van der Waals surface area contributed by atoms with Crippen LogP contribution in [0.2, 0.25) is 15.1 Å². The van der Waals surface area contributed by atoms with E-state index in [-0.39, 0.29) is 82.7 Å². The molecule has 2 saturated heterocycles. The maximum absolute atomic E-state index is 16.3. The minimum absolute atomic E-state index is 0.0203. The molecule has 0 radical (unpaired) electrons. The molecule has 2 fully saturated rings. The van der Waals surface area contributed by atoms with Crippen LogP contribution in [-0.2, 0) is 59.1 Å². The van der Waals surface area contributed by atoms with Gasteiger partial charge >= 0.3 is 0 Å². The number of unbranched alkanes of at least 4 members (excludes halogenated alkanes) is 1. The Hall–Kier alpha value is -10.5. The number of ether oxygens (including phenoxy) is 6. The van der Waals surface area contributed by atoms with Gasteiger partial charge in [-0.2, -0.15) is 0 Å². The number of hydrogen-bond donors (Lipinski definition) is 20. The van der Waals surface area contributed by atoms with Gasteiger partial charge in [0.25, 0.3) is 0 Å². The minimum atomic E-state index is -2.33. The number of aromatic hydroxyl groups is 3. The zero-order valence-electron chi connectivity index (χ0n) is 64.6. The molecule has 7 aliphatic heterocycles. The number of carbonyl (C=O) groups excluding carboxylic acids is 8. The fraction of sp³-hybridized carbons (Fsp3) is 0.390. The van der Waals surface area contributed by atoms with E-state index < -0.39 is 221 Å². The Morgan fingerprint density at radius 1 is 0.639 bits per heavy atom. The number of hydrogen-bond acceptors (Lipinski definition) is 26. The smallest absolute Gasteiger partial charge is 0.248 e. The summed E-state index contributed by atoms with van der Waals surface area (Å²) in [5, 5.41) is 120. The highest BCUT2D eigenvalue weighted by Crippen LogP contribution is 2.50. The molecular formula is C82H93Cl3N12O22. The van der Waals surface area contributed by atoms with Crippen LogP contribution in [0.1, 0.15) is 117 Å². The second kappa shape index (κ2) is 38.3. The predicted molar refractivity (Wildman–Crippen MR) is 430 cm³/mol. The van der Waals surface area contributed by atoms with Gasteiger partial charge in [-0.1, -0.05) is 103 Å². The molecular weight excluding hydrogens is 1610 g/mol. The van der Waals surface area contributed by atoms with Gasteiger partial charge in [-0.05, 0) is 157 Å². The fourth-order valence-corrected chi connectivity index (χ4v) is 15.3. The molecule has 7 aromatic rings. The zero-order valence-corrected chi connectivity index (χ0v) is 66.9. The molecule has 7 heterocycles. The summed E-state index contributed by atoms with van der Waals surface area (Å²) in [6, 6.07) is 14.9. The number of amides is 8. The van der Waals surface area contributed by atoms with Crippen LogP contribution >= 0.6 is 34.8 Å². The third-order valence-electron chi connectivity index (χ3n) is 21.1. The van der Waals surface area contributed by atoms with E-state index in [1.165, 1.54) is 31.3 Å². The maximum atomic E-state index is 16.3. The molecule has 634 valence electrons.